The van der Waals surface area contributed by atoms with E-state index < -0.39 is 0 Å². The van der Waals surface area contributed by atoms with Gasteiger partial charge in [0.2, 0.25) is 0 Å². The Morgan fingerprint density at radius 1 is 1.10 bits per heavy atom. The van der Waals surface area contributed by atoms with Gasteiger partial charge in [-0.15, -0.1) is 0 Å². The largest absolute Gasteiger partial charge is 0.457 e. The lowest BCUT2D eigenvalue weighted by Gasteiger charge is -2.13. The first-order valence-electron chi connectivity index (χ1n) is 6.87. The number of hydrogen-bond acceptors (Lipinski definition) is 2. The highest BCUT2D eigenvalue weighted by Gasteiger charge is 2.05. The van der Waals surface area contributed by atoms with Crippen molar-refractivity contribution < 1.29 is 9.13 Å². The van der Waals surface area contributed by atoms with Gasteiger partial charge in [0.1, 0.15) is 17.3 Å². The maximum absolute atomic E-state index is 13.4. The summed E-state index contributed by atoms with van der Waals surface area (Å²) in [6.07, 6.45) is 0. The number of halogens is 1. The molecule has 1 unspecified atom stereocenters. The second kappa shape index (κ2) is 6.53. The normalized spacial score (nSPS) is 12.2. The number of ether oxygens (including phenoxy) is 1. The summed E-state index contributed by atoms with van der Waals surface area (Å²) in [6.45, 7) is 6.87. The Balaban J connectivity index is 2.08. The second-order valence-corrected chi connectivity index (χ2v) is 4.86. The number of aryl methyl sites for hydroxylation is 1. The number of hydrogen-bond donors (Lipinski definition) is 1. The van der Waals surface area contributed by atoms with E-state index in [2.05, 4.69) is 19.2 Å². The van der Waals surface area contributed by atoms with Crippen LogP contribution in [0.15, 0.2) is 42.5 Å². The van der Waals surface area contributed by atoms with Gasteiger partial charge in [0.15, 0.2) is 0 Å². The third-order valence-corrected chi connectivity index (χ3v) is 3.27. The molecule has 0 aliphatic carbocycles. The quantitative estimate of drug-likeness (QED) is 0.859. The van der Waals surface area contributed by atoms with E-state index in [0.29, 0.717) is 23.1 Å². The van der Waals surface area contributed by atoms with Gasteiger partial charge >= 0.3 is 0 Å². The molecular weight excluding hydrogens is 253 g/mol. The Hall–Kier alpha value is -1.87. The van der Waals surface area contributed by atoms with Crippen LogP contribution >= 0.6 is 0 Å². The lowest BCUT2D eigenvalue weighted by atomic mass is 10.1. The molecule has 1 atom stereocenters. The van der Waals surface area contributed by atoms with E-state index in [9.17, 15) is 4.39 Å². The molecule has 0 fully saturated rings. The molecule has 0 amide bonds. The zero-order chi connectivity index (χ0) is 14.5. The van der Waals surface area contributed by atoms with Crippen LogP contribution in [0.3, 0.4) is 0 Å². The SMILES string of the molecule is CCNC(C)c1ccc(Oc2ccc(C)c(F)c2)cc1. The first-order chi connectivity index (χ1) is 9.60. The first kappa shape index (κ1) is 14.5. The molecule has 106 valence electrons. The Labute approximate surface area is 119 Å². The highest BCUT2D eigenvalue weighted by Crippen LogP contribution is 2.24. The van der Waals surface area contributed by atoms with Gasteiger partial charge in [0.05, 0.1) is 0 Å². The van der Waals surface area contributed by atoms with Crippen molar-refractivity contribution in [1.29, 1.82) is 0 Å². The predicted octanol–water partition coefficient (Wildman–Crippen LogP) is 4.60. The van der Waals surface area contributed by atoms with Crippen molar-refractivity contribution >= 4 is 0 Å². The van der Waals surface area contributed by atoms with Crippen molar-refractivity contribution in [3.05, 3.63) is 59.4 Å². The van der Waals surface area contributed by atoms with Crippen LogP contribution in [0, 0.1) is 12.7 Å². The van der Waals surface area contributed by atoms with Crippen molar-refractivity contribution in [2.24, 2.45) is 0 Å². The van der Waals surface area contributed by atoms with Crippen molar-refractivity contribution in [1.82, 2.24) is 5.32 Å². The monoisotopic (exact) mass is 273 g/mol. The minimum Gasteiger partial charge on any atom is -0.457 e. The smallest absolute Gasteiger partial charge is 0.130 e. The van der Waals surface area contributed by atoms with E-state index >= 15 is 0 Å². The molecule has 0 radical (unpaired) electrons. The first-order valence-corrected chi connectivity index (χ1v) is 6.87. The minimum atomic E-state index is -0.250. The van der Waals surface area contributed by atoms with Gasteiger partial charge in [-0.25, -0.2) is 4.39 Å². The molecule has 1 N–H and O–H groups in total. The summed E-state index contributed by atoms with van der Waals surface area (Å²) < 4.78 is 19.1. The summed E-state index contributed by atoms with van der Waals surface area (Å²) >= 11 is 0. The molecule has 2 nitrogen and oxygen atoms in total. The Morgan fingerprint density at radius 3 is 2.35 bits per heavy atom. The molecule has 2 aromatic carbocycles. The van der Waals surface area contributed by atoms with Gasteiger partial charge in [-0.2, -0.15) is 0 Å². The van der Waals surface area contributed by atoms with Crippen LogP contribution in [-0.2, 0) is 0 Å². The molecule has 0 spiro atoms. The molecule has 0 aliphatic rings. The molecular formula is C17H20FNO. The predicted molar refractivity (Wildman–Crippen MR) is 79.7 cm³/mol. The Morgan fingerprint density at radius 2 is 1.75 bits per heavy atom. The summed E-state index contributed by atoms with van der Waals surface area (Å²) in [7, 11) is 0. The second-order valence-electron chi connectivity index (χ2n) is 4.86. The maximum atomic E-state index is 13.4. The molecule has 0 aromatic heterocycles. The molecule has 3 heteroatoms. The number of benzene rings is 2. The third kappa shape index (κ3) is 3.58. The van der Waals surface area contributed by atoms with Gasteiger partial charge in [-0.3, -0.25) is 0 Å². The summed E-state index contributed by atoms with van der Waals surface area (Å²) in [5.41, 5.74) is 1.82. The van der Waals surface area contributed by atoms with Gasteiger partial charge in [0, 0.05) is 12.1 Å². The highest BCUT2D eigenvalue weighted by atomic mass is 19.1. The van der Waals surface area contributed by atoms with Crippen LogP contribution in [0.2, 0.25) is 0 Å². The minimum absolute atomic E-state index is 0.250. The summed E-state index contributed by atoms with van der Waals surface area (Å²) in [6, 6.07) is 13.1. The van der Waals surface area contributed by atoms with Crippen molar-refractivity contribution in [2.45, 2.75) is 26.8 Å². The lowest BCUT2D eigenvalue weighted by molar-refractivity contribution is 0.475. The fourth-order valence-corrected chi connectivity index (χ4v) is 2.02. The van der Waals surface area contributed by atoms with Gasteiger partial charge in [-0.05, 0) is 49.7 Å². The standard InChI is InChI=1S/C17H20FNO/c1-4-19-13(3)14-6-9-15(10-7-14)20-16-8-5-12(2)17(18)11-16/h5-11,13,19H,4H2,1-3H3. The van der Waals surface area contributed by atoms with E-state index in [0.717, 1.165) is 6.54 Å². The summed E-state index contributed by atoms with van der Waals surface area (Å²) in [5.74, 6) is 0.973. The van der Waals surface area contributed by atoms with Crippen LogP contribution in [0.5, 0.6) is 11.5 Å². The van der Waals surface area contributed by atoms with Gasteiger partial charge in [0.25, 0.3) is 0 Å². The van der Waals surface area contributed by atoms with Crippen molar-refractivity contribution in [2.75, 3.05) is 6.54 Å². The van der Waals surface area contributed by atoms with Crippen LogP contribution in [0.4, 0.5) is 4.39 Å². The highest BCUT2D eigenvalue weighted by molar-refractivity contribution is 5.35. The third-order valence-electron chi connectivity index (χ3n) is 3.27. The van der Waals surface area contributed by atoms with Crippen LogP contribution in [0.1, 0.15) is 31.0 Å². The lowest BCUT2D eigenvalue weighted by Crippen LogP contribution is -2.17. The zero-order valence-corrected chi connectivity index (χ0v) is 12.1. The maximum Gasteiger partial charge on any atom is 0.130 e. The Bertz CT molecular complexity index is 566. The molecule has 0 heterocycles. The van der Waals surface area contributed by atoms with E-state index in [1.807, 2.05) is 24.3 Å². The average molecular weight is 273 g/mol. The fraction of sp³-hybridized carbons (Fsp3) is 0.294. The summed E-state index contributed by atoms with van der Waals surface area (Å²) in [4.78, 5) is 0. The number of rotatable bonds is 5. The number of nitrogens with one attached hydrogen (secondary N) is 1. The van der Waals surface area contributed by atoms with E-state index in [4.69, 9.17) is 4.74 Å². The molecule has 0 saturated carbocycles. The van der Waals surface area contributed by atoms with E-state index in [1.165, 1.54) is 11.6 Å². The van der Waals surface area contributed by atoms with Crippen LogP contribution < -0.4 is 10.1 Å². The van der Waals surface area contributed by atoms with Gasteiger partial charge in [-0.1, -0.05) is 25.1 Å². The zero-order valence-electron chi connectivity index (χ0n) is 12.1. The Kier molecular flexibility index (Phi) is 4.74. The summed E-state index contributed by atoms with van der Waals surface area (Å²) in [5, 5.41) is 3.35. The van der Waals surface area contributed by atoms with E-state index in [-0.39, 0.29) is 5.82 Å². The molecule has 0 saturated heterocycles. The molecule has 2 rings (SSSR count). The van der Waals surface area contributed by atoms with Gasteiger partial charge < -0.3 is 10.1 Å². The average Bonchev–Trinajstić information content (AvgIpc) is 2.44. The fourth-order valence-electron chi connectivity index (χ4n) is 2.02. The molecule has 2 aromatic rings. The van der Waals surface area contributed by atoms with Crippen LogP contribution in [-0.4, -0.2) is 6.54 Å². The van der Waals surface area contributed by atoms with Crippen molar-refractivity contribution in [3.8, 4) is 11.5 Å². The molecule has 20 heavy (non-hydrogen) atoms. The molecule has 0 bridgehead atoms. The van der Waals surface area contributed by atoms with Crippen molar-refractivity contribution in [3.63, 3.8) is 0 Å². The van der Waals surface area contributed by atoms with Crippen LogP contribution in [0.25, 0.3) is 0 Å². The topological polar surface area (TPSA) is 21.3 Å². The van der Waals surface area contributed by atoms with E-state index in [1.54, 1.807) is 19.1 Å². The molecule has 0 aliphatic heterocycles.